The number of carbonyl (C=O) groups is 1. The summed E-state index contributed by atoms with van der Waals surface area (Å²) in [5.74, 6) is -0.194. The van der Waals surface area contributed by atoms with Crippen LogP contribution in [0.5, 0.6) is 0 Å². The van der Waals surface area contributed by atoms with E-state index in [0.29, 0.717) is 0 Å². The van der Waals surface area contributed by atoms with Crippen LogP contribution in [0.2, 0.25) is 0 Å². The summed E-state index contributed by atoms with van der Waals surface area (Å²) in [6, 6.07) is 3.51. The van der Waals surface area contributed by atoms with Crippen molar-refractivity contribution in [3.05, 3.63) is 29.6 Å². The molecule has 0 amide bonds. The van der Waals surface area contributed by atoms with Crippen molar-refractivity contribution in [1.82, 2.24) is 4.98 Å². The molecular weight excluding hydrogens is 214 g/mol. The minimum absolute atomic E-state index is 0.134. The third kappa shape index (κ3) is 3.55. The van der Waals surface area contributed by atoms with Crippen LogP contribution in [0, 0.1) is 5.92 Å². The van der Waals surface area contributed by atoms with Crippen molar-refractivity contribution in [3.63, 3.8) is 0 Å². The van der Waals surface area contributed by atoms with Crippen LogP contribution in [0.4, 0.5) is 0 Å². The second-order valence-electron chi connectivity index (χ2n) is 4.92. The number of carboxylic acid groups (broad SMARTS) is 1. The summed E-state index contributed by atoms with van der Waals surface area (Å²) in [7, 11) is 0. The molecule has 3 nitrogen and oxygen atoms in total. The van der Waals surface area contributed by atoms with E-state index in [4.69, 9.17) is 5.11 Å². The average Bonchev–Trinajstić information content (AvgIpc) is 2.58. The quantitative estimate of drug-likeness (QED) is 0.815. The van der Waals surface area contributed by atoms with E-state index in [1.54, 1.807) is 12.3 Å². The summed E-state index contributed by atoms with van der Waals surface area (Å²) in [4.78, 5) is 14.7. The van der Waals surface area contributed by atoms with E-state index in [0.717, 1.165) is 12.3 Å². The van der Waals surface area contributed by atoms with E-state index in [1.165, 1.54) is 44.1 Å². The number of nitrogens with zero attached hydrogens (tertiary/aromatic N) is 1. The fourth-order valence-corrected chi connectivity index (χ4v) is 2.57. The van der Waals surface area contributed by atoms with E-state index < -0.39 is 5.97 Å². The summed E-state index contributed by atoms with van der Waals surface area (Å²) < 4.78 is 0. The van der Waals surface area contributed by atoms with Crippen LogP contribution in [-0.4, -0.2) is 16.1 Å². The predicted molar refractivity (Wildman–Crippen MR) is 66.1 cm³/mol. The number of carboxylic acids is 1. The molecule has 0 saturated heterocycles. The van der Waals surface area contributed by atoms with Gasteiger partial charge in [-0.25, -0.2) is 9.78 Å². The van der Waals surface area contributed by atoms with Gasteiger partial charge < -0.3 is 5.11 Å². The summed E-state index contributed by atoms with van der Waals surface area (Å²) in [6.45, 7) is 0. The van der Waals surface area contributed by atoms with Gasteiger partial charge in [0, 0.05) is 6.20 Å². The first-order chi connectivity index (χ1) is 8.25. The van der Waals surface area contributed by atoms with Crippen molar-refractivity contribution in [2.75, 3.05) is 0 Å². The Morgan fingerprint density at radius 1 is 1.24 bits per heavy atom. The van der Waals surface area contributed by atoms with Crippen molar-refractivity contribution in [2.24, 2.45) is 5.92 Å². The molecule has 0 radical (unpaired) electrons. The van der Waals surface area contributed by atoms with Gasteiger partial charge >= 0.3 is 5.97 Å². The van der Waals surface area contributed by atoms with Gasteiger partial charge in [0.05, 0.1) is 0 Å². The van der Waals surface area contributed by atoms with Crippen LogP contribution >= 0.6 is 0 Å². The zero-order valence-electron chi connectivity index (χ0n) is 10.1. The number of rotatable bonds is 3. The Balaban J connectivity index is 1.95. The topological polar surface area (TPSA) is 50.2 Å². The molecule has 1 aliphatic carbocycles. The maximum Gasteiger partial charge on any atom is 0.354 e. The van der Waals surface area contributed by atoms with Gasteiger partial charge in [0.25, 0.3) is 0 Å². The van der Waals surface area contributed by atoms with Crippen LogP contribution in [0.3, 0.4) is 0 Å². The summed E-state index contributed by atoms with van der Waals surface area (Å²) in [6.07, 6.45) is 10.8. The Morgan fingerprint density at radius 3 is 2.47 bits per heavy atom. The zero-order valence-corrected chi connectivity index (χ0v) is 10.1. The van der Waals surface area contributed by atoms with Crippen LogP contribution in [0.25, 0.3) is 0 Å². The Kier molecular flexibility index (Phi) is 4.13. The molecule has 0 atom stereocenters. The van der Waals surface area contributed by atoms with Crippen LogP contribution in [0.15, 0.2) is 18.3 Å². The molecule has 0 unspecified atom stereocenters. The van der Waals surface area contributed by atoms with Crippen molar-refractivity contribution in [2.45, 2.75) is 44.9 Å². The number of aromatic nitrogens is 1. The normalized spacial score (nSPS) is 17.6. The first-order valence-corrected chi connectivity index (χ1v) is 6.44. The van der Waals surface area contributed by atoms with Gasteiger partial charge in [-0.1, -0.05) is 44.6 Å². The Bertz CT molecular complexity index is 364. The van der Waals surface area contributed by atoms with E-state index >= 15 is 0 Å². The molecule has 1 saturated carbocycles. The average molecular weight is 233 g/mol. The molecule has 1 heterocycles. The standard InChI is InChI=1S/C14H19NO2/c16-14(17)13-8-7-12(10-15-13)9-11-5-3-1-2-4-6-11/h7-8,10-11H,1-6,9H2,(H,16,17). The molecule has 2 rings (SSSR count). The Hall–Kier alpha value is -1.38. The number of hydrogen-bond donors (Lipinski definition) is 1. The van der Waals surface area contributed by atoms with E-state index in [-0.39, 0.29) is 5.69 Å². The second-order valence-corrected chi connectivity index (χ2v) is 4.92. The Labute approximate surface area is 102 Å². The van der Waals surface area contributed by atoms with Crippen molar-refractivity contribution in [3.8, 4) is 0 Å². The molecule has 92 valence electrons. The molecule has 1 fully saturated rings. The highest BCUT2D eigenvalue weighted by Gasteiger charge is 2.13. The lowest BCUT2D eigenvalue weighted by atomic mass is 9.93. The molecule has 3 heteroatoms. The number of hydrogen-bond acceptors (Lipinski definition) is 2. The maximum atomic E-state index is 10.7. The van der Waals surface area contributed by atoms with Gasteiger partial charge in [0.1, 0.15) is 5.69 Å². The predicted octanol–water partition coefficient (Wildman–Crippen LogP) is 3.29. The second kappa shape index (κ2) is 5.80. The highest BCUT2D eigenvalue weighted by Crippen LogP contribution is 2.25. The highest BCUT2D eigenvalue weighted by atomic mass is 16.4. The lowest BCUT2D eigenvalue weighted by Crippen LogP contribution is -2.05. The number of aromatic carboxylic acids is 1. The van der Waals surface area contributed by atoms with Crippen molar-refractivity contribution >= 4 is 5.97 Å². The van der Waals surface area contributed by atoms with Gasteiger partial charge in [-0.2, -0.15) is 0 Å². The fraction of sp³-hybridized carbons (Fsp3) is 0.571. The van der Waals surface area contributed by atoms with Gasteiger partial charge in [-0.3, -0.25) is 0 Å². The molecule has 0 aromatic carbocycles. The van der Waals surface area contributed by atoms with Crippen molar-refractivity contribution < 1.29 is 9.90 Å². The third-order valence-electron chi connectivity index (χ3n) is 3.54. The highest BCUT2D eigenvalue weighted by molar-refractivity contribution is 5.85. The van der Waals surface area contributed by atoms with Gasteiger partial charge in [0.15, 0.2) is 0 Å². The molecule has 0 bridgehead atoms. The smallest absolute Gasteiger partial charge is 0.354 e. The molecular formula is C14H19NO2. The monoisotopic (exact) mass is 233 g/mol. The fourth-order valence-electron chi connectivity index (χ4n) is 2.57. The Morgan fingerprint density at radius 2 is 1.94 bits per heavy atom. The lowest BCUT2D eigenvalue weighted by Gasteiger charge is -2.13. The van der Waals surface area contributed by atoms with E-state index in [2.05, 4.69) is 4.98 Å². The number of pyridine rings is 1. The summed E-state index contributed by atoms with van der Waals surface area (Å²) in [5.41, 5.74) is 1.30. The largest absolute Gasteiger partial charge is 0.477 e. The molecule has 1 N–H and O–H groups in total. The third-order valence-corrected chi connectivity index (χ3v) is 3.54. The van der Waals surface area contributed by atoms with Crippen LogP contribution in [0.1, 0.15) is 54.6 Å². The van der Waals surface area contributed by atoms with Gasteiger partial charge in [-0.15, -0.1) is 0 Å². The van der Waals surface area contributed by atoms with Crippen LogP contribution < -0.4 is 0 Å². The maximum absolute atomic E-state index is 10.7. The van der Waals surface area contributed by atoms with Gasteiger partial charge in [-0.05, 0) is 24.0 Å². The van der Waals surface area contributed by atoms with Crippen molar-refractivity contribution in [1.29, 1.82) is 0 Å². The summed E-state index contributed by atoms with van der Waals surface area (Å²) in [5, 5.41) is 8.77. The first-order valence-electron chi connectivity index (χ1n) is 6.44. The lowest BCUT2D eigenvalue weighted by molar-refractivity contribution is 0.0690. The molecule has 0 spiro atoms. The van der Waals surface area contributed by atoms with Gasteiger partial charge in [0.2, 0.25) is 0 Å². The van der Waals surface area contributed by atoms with E-state index in [9.17, 15) is 4.79 Å². The molecule has 1 aromatic heterocycles. The first kappa shape index (κ1) is 12.1. The summed E-state index contributed by atoms with van der Waals surface area (Å²) >= 11 is 0. The minimum Gasteiger partial charge on any atom is -0.477 e. The molecule has 17 heavy (non-hydrogen) atoms. The van der Waals surface area contributed by atoms with E-state index in [1.807, 2.05) is 6.07 Å². The SMILES string of the molecule is O=C(O)c1ccc(CC2CCCCCC2)cn1. The molecule has 0 aliphatic heterocycles. The zero-order chi connectivity index (χ0) is 12.1. The minimum atomic E-state index is -0.953. The molecule has 1 aromatic rings. The van der Waals surface area contributed by atoms with Crippen LogP contribution in [-0.2, 0) is 6.42 Å². The molecule has 1 aliphatic rings.